The molecule has 0 bridgehead atoms. The zero-order chi connectivity index (χ0) is 16.6. The van der Waals surface area contributed by atoms with E-state index in [1.54, 1.807) is 0 Å². The number of aliphatic hydroxyl groups excluding tert-OH is 3. The molecule has 0 aromatic heterocycles. The van der Waals surface area contributed by atoms with Crippen LogP contribution in [0.5, 0.6) is 0 Å². The first-order valence-electron chi connectivity index (χ1n) is 9.14. The fourth-order valence-corrected chi connectivity index (χ4v) is 8.32. The van der Waals surface area contributed by atoms with Gasteiger partial charge in [-0.15, -0.1) is 0 Å². The van der Waals surface area contributed by atoms with Crippen molar-refractivity contribution >= 4 is 11.8 Å². The number of hydrogen-bond donors (Lipinski definition) is 3. The molecule has 0 radical (unpaired) electrons. The standard InChI is InChI=1S/C19H30O3S/c1-10-6-13-15-14(21)8-11-7-12(20)4-5-18(11,2)17(15)23-9-19(13,3)16(10)22/h8,10,12-17,20-22H,4-7,9H2,1-3H3/t10-,12+,13?,14?,15?,16+,17?,18+,19+/m1/s1. The van der Waals surface area contributed by atoms with Gasteiger partial charge < -0.3 is 15.3 Å². The smallest absolute Gasteiger partial charge is 0.0765 e. The van der Waals surface area contributed by atoms with E-state index in [0.29, 0.717) is 17.1 Å². The van der Waals surface area contributed by atoms with E-state index in [9.17, 15) is 15.3 Å². The molecule has 2 saturated carbocycles. The van der Waals surface area contributed by atoms with Gasteiger partial charge in [-0.05, 0) is 37.5 Å². The predicted molar refractivity (Wildman–Crippen MR) is 93.2 cm³/mol. The van der Waals surface area contributed by atoms with Crippen LogP contribution in [0.4, 0.5) is 0 Å². The summed E-state index contributed by atoms with van der Waals surface area (Å²) in [6.07, 6.45) is 4.77. The van der Waals surface area contributed by atoms with Gasteiger partial charge in [0.15, 0.2) is 0 Å². The van der Waals surface area contributed by atoms with Crippen LogP contribution >= 0.6 is 11.8 Å². The minimum atomic E-state index is -0.428. The summed E-state index contributed by atoms with van der Waals surface area (Å²) >= 11 is 1.98. The summed E-state index contributed by atoms with van der Waals surface area (Å²) in [5, 5.41) is 32.1. The lowest BCUT2D eigenvalue weighted by Crippen LogP contribution is -2.57. The third-order valence-electron chi connectivity index (χ3n) is 7.66. The maximum Gasteiger partial charge on any atom is 0.0765 e. The van der Waals surface area contributed by atoms with E-state index in [1.807, 2.05) is 11.8 Å². The fourth-order valence-electron chi connectivity index (χ4n) is 6.19. The van der Waals surface area contributed by atoms with E-state index in [1.165, 1.54) is 5.57 Å². The molecule has 0 aromatic rings. The van der Waals surface area contributed by atoms with Gasteiger partial charge in [0.1, 0.15) is 0 Å². The molecule has 1 saturated heterocycles. The highest BCUT2D eigenvalue weighted by Crippen LogP contribution is 2.64. The second-order valence-corrected chi connectivity index (χ2v) is 10.2. The second kappa shape index (κ2) is 5.23. The van der Waals surface area contributed by atoms with E-state index in [-0.39, 0.29) is 29.0 Å². The van der Waals surface area contributed by atoms with E-state index in [0.717, 1.165) is 31.4 Å². The lowest BCUT2D eigenvalue weighted by Gasteiger charge is -2.58. The molecule has 23 heavy (non-hydrogen) atoms. The van der Waals surface area contributed by atoms with Gasteiger partial charge in [-0.25, -0.2) is 0 Å². The van der Waals surface area contributed by atoms with E-state index < -0.39 is 6.10 Å². The third-order valence-corrected chi connectivity index (χ3v) is 9.64. The Balaban J connectivity index is 1.73. The fraction of sp³-hybridized carbons (Fsp3) is 0.895. The molecule has 3 aliphatic carbocycles. The summed E-state index contributed by atoms with van der Waals surface area (Å²) in [7, 11) is 0. The van der Waals surface area contributed by atoms with Crippen molar-refractivity contribution in [3.8, 4) is 0 Å². The zero-order valence-corrected chi connectivity index (χ0v) is 15.2. The van der Waals surface area contributed by atoms with Crippen molar-refractivity contribution in [3.63, 3.8) is 0 Å². The third kappa shape index (κ3) is 2.14. The first-order valence-corrected chi connectivity index (χ1v) is 10.2. The van der Waals surface area contributed by atoms with Crippen molar-refractivity contribution in [3.05, 3.63) is 11.6 Å². The number of fused-ring (bicyclic) bond motifs is 5. The highest BCUT2D eigenvalue weighted by molar-refractivity contribution is 8.00. The highest BCUT2D eigenvalue weighted by atomic mass is 32.2. The Morgan fingerprint density at radius 3 is 2.70 bits per heavy atom. The summed E-state index contributed by atoms with van der Waals surface area (Å²) in [5.74, 6) is 1.95. The van der Waals surface area contributed by atoms with Crippen molar-refractivity contribution < 1.29 is 15.3 Å². The van der Waals surface area contributed by atoms with Crippen LogP contribution in [0.2, 0.25) is 0 Å². The Hall–Kier alpha value is -0.0300. The molecule has 3 N–H and O–H groups in total. The number of thioether (sulfide) groups is 1. The molecule has 3 fully saturated rings. The van der Waals surface area contributed by atoms with Crippen molar-refractivity contribution in [2.75, 3.05) is 5.75 Å². The average Bonchev–Trinajstić information content (AvgIpc) is 2.73. The number of rotatable bonds is 0. The SMILES string of the molecule is C[C@@H]1CC2C3C(O)C=C4C[C@@H](O)CC[C@]4(C)C3SC[C@]2(C)[C@H]1O. The van der Waals surface area contributed by atoms with Crippen molar-refractivity contribution in [2.24, 2.45) is 28.6 Å². The number of aliphatic hydroxyl groups is 3. The Morgan fingerprint density at radius 2 is 1.96 bits per heavy atom. The molecule has 0 amide bonds. The molecule has 3 nitrogen and oxygen atoms in total. The van der Waals surface area contributed by atoms with Crippen molar-refractivity contribution in [2.45, 2.75) is 70.0 Å². The summed E-state index contributed by atoms with van der Waals surface area (Å²) in [4.78, 5) is 0. The normalized spacial score (nSPS) is 58.9. The molecule has 1 aliphatic heterocycles. The van der Waals surface area contributed by atoms with Crippen LogP contribution in [0.1, 0.15) is 46.5 Å². The van der Waals surface area contributed by atoms with Crippen LogP contribution in [0.15, 0.2) is 11.6 Å². The molecule has 0 spiro atoms. The molecule has 4 rings (SSSR count). The summed E-state index contributed by atoms with van der Waals surface area (Å²) in [5.41, 5.74) is 1.31. The van der Waals surface area contributed by atoms with E-state index in [2.05, 4.69) is 26.8 Å². The van der Waals surface area contributed by atoms with Crippen LogP contribution < -0.4 is 0 Å². The van der Waals surface area contributed by atoms with Crippen LogP contribution in [0, 0.1) is 28.6 Å². The van der Waals surface area contributed by atoms with E-state index in [4.69, 9.17) is 0 Å². The zero-order valence-electron chi connectivity index (χ0n) is 14.4. The summed E-state index contributed by atoms with van der Waals surface area (Å²) < 4.78 is 0. The van der Waals surface area contributed by atoms with Gasteiger partial charge in [0.05, 0.1) is 18.3 Å². The Bertz CT molecular complexity index is 535. The van der Waals surface area contributed by atoms with Crippen LogP contribution in [-0.4, -0.2) is 44.6 Å². The lowest BCUT2D eigenvalue weighted by molar-refractivity contribution is -0.0244. The first-order chi connectivity index (χ1) is 10.8. The monoisotopic (exact) mass is 338 g/mol. The van der Waals surface area contributed by atoms with Gasteiger partial charge in [0, 0.05) is 27.8 Å². The molecule has 9 atom stereocenters. The predicted octanol–water partition coefficient (Wildman–Crippen LogP) is 2.59. The quantitative estimate of drug-likeness (QED) is 0.594. The molecular formula is C19H30O3S. The van der Waals surface area contributed by atoms with Crippen LogP contribution in [0.25, 0.3) is 0 Å². The average molecular weight is 339 g/mol. The van der Waals surface area contributed by atoms with Crippen LogP contribution in [0.3, 0.4) is 0 Å². The van der Waals surface area contributed by atoms with Gasteiger partial charge in [0.2, 0.25) is 0 Å². The Labute approximate surface area is 143 Å². The van der Waals surface area contributed by atoms with Crippen molar-refractivity contribution in [1.82, 2.24) is 0 Å². The number of hydrogen-bond acceptors (Lipinski definition) is 4. The maximum absolute atomic E-state index is 10.9. The molecule has 130 valence electrons. The second-order valence-electron chi connectivity index (χ2n) is 9.08. The van der Waals surface area contributed by atoms with Crippen molar-refractivity contribution in [1.29, 1.82) is 0 Å². The first kappa shape index (κ1) is 16.4. The topological polar surface area (TPSA) is 60.7 Å². The molecule has 4 unspecified atom stereocenters. The minimum Gasteiger partial charge on any atom is -0.393 e. The van der Waals surface area contributed by atoms with Gasteiger partial charge in [-0.2, -0.15) is 11.8 Å². The van der Waals surface area contributed by atoms with E-state index >= 15 is 0 Å². The van der Waals surface area contributed by atoms with Gasteiger partial charge >= 0.3 is 0 Å². The summed E-state index contributed by atoms with van der Waals surface area (Å²) in [6, 6.07) is 0. The molecule has 4 aliphatic rings. The molecule has 4 heteroatoms. The summed E-state index contributed by atoms with van der Waals surface area (Å²) in [6.45, 7) is 6.73. The Kier molecular flexibility index (Phi) is 3.74. The highest BCUT2D eigenvalue weighted by Gasteiger charge is 2.62. The minimum absolute atomic E-state index is 0.0673. The molecular weight excluding hydrogens is 308 g/mol. The Morgan fingerprint density at radius 1 is 1.22 bits per heavy atom. The largest absolute Gasteiger partial charge is 0.393 e. The lowest BCUT2D eigenvalue weighted by atomic mass is 9.57. The molecule has 1 heterocycles. The van der Waals surface area contributed by atoms with Crippen LogP contribution in [-0.2, 0) is 0 Å². The van der Waals surface area contributed by atoms with Gasteiger partial charge in [-0.1, -0.05) is 32.4 Å². The molecule has 0 aromatic carbocycles. The van der Waals surface area contributed by atoms with Gasteiger partial charge in [0.25, 0.3) is 0 Å². The van der Waals surface area contributed by atoms with Gasteiger partial charge in [-0.3, -0.25) is 0 Å². The maximum atomic E-state index is 10.9.